The topological polar surface area (TPSA) is 70.5 Å². The summed E-state index contributed by atoms with van der Waals surface area (Å²) in [5, 5.41) is 11.6. The Balaban J connectivity index is 1.84. The number of aliphatic hydroxyl groups excluding tert-OH is 1. The van der Waals surface area contributed by atoms with Gasteiger partial charge in [0.2, 0.25) is 0 Å². The van der Waals surface area contributed by atoms with Crippen LogP contribution in [0.5, 0.6) is 0 Å². The molecular weight excluding hydrogens is 424 g/mol. The largest absolute Gasteiger partial charge is 0.507 e. The van der Waals surface area contributed by atoms with Crippen molar-refractivity contribution in [1.82, 2.24) is 9.88 Å². The van der Waals surface area contributed by atoms with Gasteiger partial charge in [0, 0.05) is 16.8 Å². The number of likely N-dealkylation sites (tertiary alicyclic amines) is 1. The van der Waals surface area contributed by atoms with E-state index in [0.717, 1.165) is 11.1 Å². The fraction of sp³-hybridized carbons (Fsp3) is 0.192. The van der Waals surface area contributed by atoms with Gasteiger partial charge in [0.25, 0.3) is 11.7 Å². The zero-order valence-corrected chi connectivity index (χ0v) is 18.6. The predicted octanol–water partition coefficient (Wildman–Crippen LogP) is 5.48. The van der Waals surface area contributed by atoms with Crippen LogP contribution < -0.4 is 0 Å². The van der Waals surface area contributed by atoms with Gasteiger partial charge in [-0.25, -0.2) is 0 Å². The van der Waals surface area contributed by atoms with Crippen molar-refractivity contribution in [3.8, 4) is 0 Å². The van der Waals surface area contributed by atoms with Crippen LogP contribution in [0, 0.1) is 0 Å². The van der Waals surface area contributed by atoms with Crippen LogP contribution in [0.4, 0.5) is 0 Å². The lowest BCUT2D eigenvalue weighted by Gasteiger charge is -2.25. The molecular formula is C26H23ClN2O3. The number of amides is 1. The van der Waals surface area contributed by atoms with Gasteiger partial charge >= 0.3 is 0 Å². The monoisotopic (exact) mass is 446 g/mol. The zero-order chi connectivity index (χ0) is 22.8. The molecule has 5 nitrogen and oxygen atoms in total. The summed E-state index contributed by atoms with van der Waals surface area (Å²) in [6.07, 6.45) is 1.64. The van der Waals surface area contributed by atoms with Gasteiger partial charge < -0.3 is 10.0 Å². The third-order valence-corrected chi connectivity index (χ3v) is 5.89. The number of aliphatic hydroxyl groups is 1. The summed E-state index contributed by atoms with van der Waals surface area (Å²) in [6, 6.07) is 19.0. The molecule has 2 heterocycles. The Morgan fingerprint density at radius 1 is 1.03 bits per heavy atom. The molecule has 32 heavy (non-hydrogen) atoms. The number of aromatic nitrogens is 1. The Kier molecular flexibility index (Phi) is 6.10. The number of benzene rings is 2. The first-order valence-corrected chi connectivity index (χ1v) is 10.8. The Hall–Kier alpha value is -3.44. The van der Waals surface area contributed by atoms with E-state index in [1.54, 1.807) is 42.6 Å². The number of halogens is 1. The Bertz CT molecular complexity index is 1170. The van der Waals surface area contributed by atoms with E-state index in [1.807, 2.05) is 30.3 Å². The van der Waals surface area contributed by atoms with Crippen molar-refractivity contribution in [2.75, 3.05) is 0 Å². The van der Waals surface area contributed by atoms with Crippen LogP contribution in [-0.2, 0) is 16.1 Å². The minimum atomic E-state index is -0.728. The molecule has 0 aliphatic carbocycles. The van der Waals surface area contributed by atoms with E-state index >= 15 is 0 Å². The molecule has 1 unspecified atom stereocenters. The minimum Gasteiger partial charge on any atom is -0.507 e. The van der Waals surface area contributed by atoms with Crippen molar-refractivity contribution in [3.63, 3.8) is 0 Å². The van der Waals surface area contributed by atoms with Gasteiger partial charge in [-0.3, -0.25) is 14.6 Å². The first kappa shape index (κ1) is 21.8. The highest BCUT2D eigenvalue weighted by Crippen LogP contribution is 2.40. The molecule has 0 saturated carbocycles. The number of ketones is 1. The smallest absolute Gasteiger partial charge is 0.296 e. The quantitative estimate of drug-likeness (QED) is 0.320. The molecule has 4 rings (SSSR count). The summed E-state index contributed by atoms with van der Waals surface area (Å²) >= 11 is 5.97. The number of hydrogen-bond acceptors (Lipinski definition) is 4. The van der Waals surface area contributed by atoms with Crippen LogP contribution >= 0.6 is 11.6 Å². The zero-order valence-electron chi connectivity index (χ0n) is 17.8. The Labute approximate surface area is 192 Å². The lowest BCUT2D eigenvalue weighted by atomic mass is 9.93. The average molecular weight is 447 g/mol. The summed E-state index contributed by atoms with van der Waals surface area (Å²) in [4.78, 5) is 31.9. The van der Waals surface area contributed by atoms with Crippen molar-refractivity contribution in [1.29, 1.82) is 0 Å². The number of rotatable bonds is 5. The number of hydrogen-bond donors (Lipinski definition) is 1. The van der Waals surface area contributed by atoms with E-state index in [0.29, 0.717) is 22.2 Å². The summed E-state index contributed by atoms with van der Waals surface area (Å²) in [5.74, 6) is -1.25. The first-order chi connectivity index (χ1) is 15.4. The van der Waals surface area contributed by atoms with Crippen LogP contribution in [0.15, 0.2) is 78.5 Å². The molecule has 1 amide bonds. The maximum absolute atomic E-state index is 13.1. The second-order valence-electron chi connectivity index (χ2n) is 8.08. The highest BCUT2D eigenvalue weighted by Gasteiger charge is 2.46. The van der Waals surface area contributed by atoms with Gasteiger partial charge in [0.05, 0.1) is 23.9 Å². The highest BCUT2D eigenvalue weighted by molar-refractivity contribution is 6.46. The number of pyridine rings is 1. The van der Waals surface area contributed by atoms with E-state index in [2.05, 4.69) is 18.8 Å². The molecule has 3 aromatic rings. The Morgan fingerprint density at radius 2 is 1.72 bits per heavy atom. The van der Waals surface area contributed by atoms with E-state index in [4.69, 9.17) is 11.6 Å². The third kappa shape index (κ3) is 4.16. The minimum absolute atomic E-state index is 0.0607. The maximum Gasteiger partial charge on any atom is 0.296 e. The van der Waals surface area contributed by atoms with E-state index in [9.17, 15) is 14.7 Å². The van der Waals surface area contributed by atoms with Gasteiger partial charge in [-0.1, -0.05) is 55.8 Å². The molecule has 1 atom stereocenters. The summed E-state index contributed by atoms with van der Waals surface area (Å²) < 4.78 is 0. The molecule has 6 heteroatoms. The molecule has 1 fully saturated rings. The van der Waals surface area contributed by atoms with Crippen LogP contribution in [0.2, 0.25) is 5.02 Å². The van der Waals surface area contributed by atoms with Crippen LogP contribution in [0.25, 0.3) is 5.76 Å². The van der Waals surface area contributed by atoms with Crippen molar-refractivity contribution < 1.29 is 14.7 Å². The van der Waals surface area contributed by atoms with Gasteiger partial charge in [0.15, 0.2) is 0 Å². The van der Waals surface area contributed by atoms with Crippen molar-refractivity contribution in [2.24, 2.45) is 0 Å². The van der Waals surface area contributed by atoms with Crippen LogP contribution in [-0.4, -0.2) is 26.7 Å². The molecule has 0 bridgehead atoms. The van der Waals surface area contributed by atoms with E-state index in [-0.39, 0.29) is 17.9 Å². The molecule has 0 spiro atoms. The second kappa shape index (κ2) is 8.97. The van der Waals surface area contributed by atoms with Crippen molar-refractivity contribution in [2.45, 2.75) is 32.4 Å². The number of carbonyl (C=O) groups excluding carboxylic acids is 2. The Morgan fingerprint density at radius 3 is 2.31 bits per heavy atom. The summed E-state index contributed by atoms with van der Waals surface area (Å²) in [7, 11) is 0. The van der Waals surface area contributed by atoms with E-state index in [1.165, 1.54) is 4.90 Å². The lowest BCUT2D eigenvalue weighted by Crippen LogP contribution is -2.29. The maximum atomic E-state index is 13.1. The molecule has 2 aromatic carbocycles. The first-order valence-electron chi connectivity index (χ1n) is 10.4. The number of nitrogens with zero attached hydrogens (tertiary/aromatic N) is 2. The van der Waals surface area contributed by atoms with Crippen LogP contribution in [0.1, 0.15) is 48.2 Å². The molecule has 1 aliphatic rings. The normalized spacial score (nSPS) is 17.9. The van der Waals surface area contributed by atoms with Gasteiger partial charge in [-0.05, 0) is 53.4 Å². The van der Waals surface area contributed by atoms with Gasteiger partial charge in [0.1, 0.15) is 5.76 Å². The highest BCUT2D eigenvalue weighted by atomic mass is 35.5. The average Bonchev–Trinajstić information content (AvgIpc) is 3.05. The summed E-state index contributed by atoms with van der Waals surface area (Å²) in [5.41, 5.74) is 3.04. The molecule has 162 valence electrons. The second-order valence-corrected chi connectivity index (χ2v) is 8.51. The molecule has 0 radical (unpaired) electrons. The van der Waals surface area contributed by atoms with E-state index < -0.39 is 17.7 Å². The van der Waals surface area contributed by atoms with Crippen molar-refractivity contribution >= 4 is 29.1 Å². The fourth-order valence-corrected chi connectivity index (χ4v) is 4.01. The third-order valence-electron chi connectivity index (χ3n) is 5.63. The fourth-order valence-electron chi connectivity index (χ4n) is 3.88. The molecule has 1 aromatic heterocycles. The standard InChI is InChI=1S/C26H23ClN2O3/c1-16(2)17-6-8-18(9-7-17)23-22(24(30)19-10-12-20(27)13-11-19)25(31)26(32)29(23)15-21-5-3-4-14-28-21/h3-14,16,23,30H,15H2,1-2H3/b24-22+. The van der Waals surface area contributed by atoms with Crippen molar-refractivity contribution in [3.05, 3.63) is 106 Å². The number of carbonyl (C=O) groups is 2. The van der Waals surface area contributed by atoms with Crippen LogP contribution in [0.3, 0.4) is 0 Å². The molecule has 1 N–H and O–H groups in total. The number of Topliss-reactive ketones (excluding diaryl/α,β-unsaturated/α-hetero) is 1. The summed E-state index contributed by atoms with van der Waals surface area (Å²) in [6.45, 7) is 4.35. The predicted molar refractivity (Wildman–Crippen MR) is 124 cm³/mol. The molecule has 1 aliphatic heterocycles. The van der Waals surface area contributed by atoms with Gasteiger partial charge in [-0.2, -0.15) is 0 Å². The lowest BCUT2D eigenvalue weighted by molar-refractivity contribution is -0.140. The SMILES string of the molecule is CC(C)c1ccc(C2/C(=C(\O)c3ccc(Cl)cc3)C(=O)C(=O)N2Cc2ccccn2)cc1. The molecule has 1 saturated heterocycles. The van der Waals surface area contributed by atoms with Gasteiger partial charge in [-0.15, -0.1) is 0 Å².